The zero-order valence-electron chi connectivity index (χ0n) is 10.9. The Morgan fingerprint density at radius 3 is 2.65 bits per heavy atom. The largest absolute Gasteiger partial charge is 0.330 e. The summed E-state index contributed by atoms with van der Waals surface area (Å²) in [6.07, 6.45) is 6.94. The Balaban J connectivity index is 1.95. The Kier molecular flexibility index (Phi) is 4.61. The van der Waals surface area contributed by atoms with Crippen molar-refractivity contribution in [2.75, 3.05) is 6.54 Å². The van der Waals surface area contributed by atoms with Crippen molar-refractivity contribution in [3.05, 3.63) is 35.9 Å². The van der Waals surface area contributed by atoms with Crippen LogP contribution in [-0.2, 0) is 0 Å². The van der Waals surface area contributed by atoms with Gasteiger partial charge in [-0.25, -0.2) is 0 Å². The lowest BCUT2D eigenvalue weighted by Gasteiger charge is -2.29. The molecule has 0 saturated heterocycles. The van der Waals surface area contributed by atoms with E-state index in [9.17, 15) is 0 Å². The normalized spacial score (nSPS) is 26.7. The summed E-state index contributed by atoms with van der Waals surface area (Å²) in [5.41, 5.74) is 7.38. The highest BCUT2D eigenvalue weighted by Crippen LogP contribution is 2.35. The monoisotopic (exact) mass is 231 g/mol. The van der Waals surface area contributed by atoms with Crippen LogP contribution in [0.3, 0.4) is 0 Å². The van der Waals surface area contributed by atoms with Crippen LogP contribution in [-0.4, -0.2) is 6.54 Å². The highest BCUT2D eigenvalue weighted by atomic mass is 14.5. The first-order chi connectivity index (χ1) is 8.29. The van der Waals surface area contributed by atoms with Gasteiger partial charge in [-0.1, -0.05) is 56.5 Å². The van der Waals surface area contributed by atoms with Crippen molar-refractivity contribution in [3.63, 3.8) is 0 Å². The van der Waals surface area contributed by atoms with Crippen molar-refractivity contribution < 1.29 is 0 Å². The first-order valence-corrected chi connectivity index (χ1v) is 7.04. The predicted octanol–water partition coefficient (Wildman–Crippen LogP) is 3.95. The Morgan fingerprint density at radius 2 is 2.00 bits per heavy atom. The van der Waals surface area contributed by atoms with Crippen molar-refractivity contribution in [2.24, 2.45) is 17.6 Å². The van der Waals surface area contributed by atoms with Crippen LogP contribution in [0, 0.1) is 11.8 Å². The third-order valence-electron chi connectivity index (χ3n) is 4.22. The molecule has 1 fully saturated rings. The molecule has 0 aromatic heterocycles. The summed E-state index contributed by atoms with van der Waals surface area (Å²) in [6, 6.07) is 10.8. The van der Waals surface area contributed by atoms with Gasteiger partial charge in [-0.2, -0.15) is 0 Å². The van der Waals surface area contributed by atoms with Crippen LogP contribution in [0.4, 0.5) is 0 Å². The van der Waals surface area contributed by atoms with Gasteiger partial charge in [0.05, 0.1) is 0 Å². The molecule has 0 spiro atoms. The maximum Gasteiger partial charge on any atom is -0.000813 e. The van der Waals surface area contributed by atoms with Gasteiger partial charge in [0.1, 0.15) is 0 Å². The zero-order chi connectivity index (χ0) is 12.1. The lowest BCUT2D eigenvalue weighted by molar-refractivity contribution is 0.257. The lowest BCUT2D eigenvalue weighted by atomic mass is 9.77. The standard InChI is InChI=1S/C16H25N/c1-13-6-5-7-14(10-13)11-16(12-17)15-8-3-2-4-9-15/h2-4,8-9,13-14,16H,5-7,10-12,17H2,1H3. The molecule has 94 valence electrons. The van der Waals surface area contributed by atoms with E-state index >= 15 is 0 Å². The summed E-state index contributed by atoms with van der Waals surface area (Å²) in [4.78, 5) is 0. The van der Waals surface area contributed by atoms with E-state index in [0.717, 1.165) is 18.4 Å². The molecule has 2 N–H and O–H groups in total. The summed E-state index contributed by atoms with van der Waals surface area (Å²) in [7, 11) is 0. The molecule has 17 heavy (non-hydrogen) atoms. The lowest BCUT2D eigenvalue weighted by Crippen LogP contribution is -2.20. The smallest absolute Gasteiger partial charge is 0.000813 e. The predicted molar refractivity (Wildman–Crippen MR) is 74.0 cm³/mol. The molecule has 0 heterocycles. The highest BCUT2D eigenvalue weighted by Gasteiger charge is 2.22. The highest BCUT2D eigenvalue weighted by molar-refractivity contribution is 5.19. The summed E-state index contributed by atoms with van der Waals surface area (Å²) in [5, 5.41) is 0. The van der Waals surface area contributed by atoms with Gasteiger partial charge < -0.3 is 5.73 Å². The minimum Gasteiger partial charge on any atom is -0.330 e. The fourth-order valence-corrected chi connectivity index (χ4v) is 3.27. The molecule has 1 saturated carbocycles. The molecule has 1 nitrogen and oxygen atoms in total. The van der Waals surface area contributed by atoms with Crippen LogP contribution in [0.1, 0.15) is 50.5 Å². The SMILES string of the molecule is CC1CCCC(CC(CN)c2ccccc2)C1. The summed E-state index contributed by atoms with van der Waals surface area (Å²) in [5.74, 6) is 2.38. The van der Waals surface area contributed by atoms with Gasteiger partial charge in [0, 0.05) is 0 Å². The number of hydrogen-bond acceptors (Lipinski definition) is 1. The molecule has 1 aromatic carbocycles. The molecular formula is C16H25N. The van der Waals surface area contributed by atoms with E-state index in [2.05, 4.69) is 37.3 Å². The third kappa shape index (κ3) is 3.57. The molecule has 1 aliphatic rings. The molecule has 0 aliphatic heterocycles. The minimum absolute atomic E-state index is 0.562. The molecular weight excluding hydrogens is 206 g/mol. The second-order valence-corrected chi connectivity index (χ2v) is 5.72. The fraction of sp³-hybridized carbons (Fsp3) is 0.625. The third-order valence-corrected chi connectivity index (χ3v) is 4.22. The second kappa shape index (κ2) is 6.20. The van der Waals surface area contributed by atoms with Gasteiger partial charge in [-0.3, -0.25) is 0 Å². The van der Waals surface area contributed by atoms with Gasteiger partial charge in [0.2, 0.25) is 0 Å². The number of nitrogens with two attached hydrogens (primary N) is 1. The molecule has 3 unspecified atom stereocenters. The Morgan fingerprint density at radius 1 is 1.24 bits per heavy atom. The Bertz CT molecular complexity index is 320. The minimum atomic E-state index is 0.562. The first-order valence-electron chi connectivity index (χ1n) is 7.04. The molecule has 1 aromatic rings. The van der Waals surface area contributed by atoms with E-state index in [1.807, 2.05) is 0 Å². The van der Waals surface area contributed by atoms with Crippen molar-refractivity contribution in [1.82, 2.24) is 0 Å². The first kappa shape index (κ1) is 12.6. The van der Waals surface area contributed by atoms with Crippen LogP contribution in [0.5, 0.6) is 0 Å². The number of hydrogen-bond donors (Lipinski definition) is 1. The van der Waals surface area contributed by atoms with Gasteiger partial charge >= 0.3 is 0 Å². The van der Waals surface area contributed by atoms with E-state index in [0.29, 0.717) is 5.92 Å². The van der Waals surface area contributed by atoms with Crippen molar-refractivity contribution >= 4 is 0 Å². The van der Waals surface area contributed by atoms with E-state index in [-0.39, 0.29) is 0 Å². The van der Waals surface area contributed by atoms with E-state index in [4.69, 9.17) is 5.73 Å². The number of benzene rings is 1. The van der Waals surface area contributed by atoms with Crippen molar-refractivity contribution in [3.8, 4) is 0 Å². The van der Waals surface area contributed by atoms with Crippen LogP contribution in [0.15, 0.2) is 30.3 Å². The zero-order valence-corrected chi connectivity index (χ0v) is 10.9. The maximum absolute atomic E-state index is 5.96. The fourth-order valence-electron chi connectivity index (χ4n) is 3.27. The van der Waals surface area contributed by atoms with Crippen LogP contribution < -0.4 is 5.73 Å². The summed E-state index contributed by atoms with van der Waals surface area (Å²) >= 11 is 0. The molecule has 0 bridgehead atoms. The quantitative estimate of drug-likeness (QED) is 0.834. The number of rotatable bonds is 4. The van der Waals surface area contributed by atoms with Crippen molar-refractivity contribution in [1.29, 1.82) is 0 Å². The molecule has 1 aliphatic carbocycles. The molecule has 2 rings (SSSR count). The van der Waals surface area contributed by atoms with Gasteiger partial charge in [0.15, 0.2) is 0 Å². The van der Waals surface area contributed by atoms with Crippen LogP contribution in [0.2, 0.25) is 0 Å². The van der Waals surface area contributed by atoms with E-state index < -0.39 is 0 Å². The molecule has 0 radical (unpaired) electrons. The van der Waals surface area contributed by atoms with E-state index in [1.54, 1.807) is 0 Å². The Hall–Kier alpha value is -0.820. The van der Waals surface area contributed by atoms with Crippen LogP contribution in [0.25, 0.3) is 0 Å². The molecule has 3 atom stereocenters. The van der Waals surface area contributed by atoms with E-state index in [1.165, 1.54) is 37.7 Å². The van der Waals surface area contributed by atoms with Gasteiger partial charge in [-0.05, 0) is 42.7 Å². The second-order valence-electron chi connectivity index (χ2n) is 5.72. The summed E-state index contributed by atoms with van der Waals surface area (Å²) < 4.78 is 0. The average molecular weight is 231 g/mol. The van der Waals surface area contributed by atoms with Gasteiger partial charge in [0.25, 0.3) is 0 Å². The molecule has 1 heteroatoms. The molecule has 0 amide bonds. The van der Waals surface area contributed by atoms with Crippen LogP contribution >= 0.6 is 0 Å². The van der Waals surface area contributed by atoms with Gasteiger partial charge in [-0.15, -0.1) is 0 Å². The van der Waals surface area contributed by atoms with Crippen molar-refractivity contribution in [2.45, 2.75) is 44.9 Å². The summed E-state index contributed by atoms with van der Waals surface area (Å²) in [6.45, 7) is 3.18. The average Bonchev–Trinajstić information content (AvgIpc) is 2.37. The Labute approximate surface area is 105 Å². The maximum atomic E-state index is 5.96. The topological polar surface area (TPSA) is 26.0 Å².